The minimum atomic E-state index is -0.218. The van der Waals surface area contributed by atoms with Gasteiger partial charge < -0.3 is 11.2 Å². The van der Waals surface area contributed by atoms with Crippen LogP contribution in [0.15, 0.2) is 41.5 Å². The van der Waals surface area contributed by atoms with E-state index in [9.17, 15) is 4.79 Å². The van der Waals surface area contributed by atoms with Crippen molar-refractivity contribution in [3.05, 3.63) is 47.5 Å². The van der Waals surface area contributed by atoms with E-state index >= 15 is 0 Å². The number of nitrogens with zero attached hydrogens (tertiary/aromatic N) is 2. The molecule has 0 spiro atoms. The molecule has 0 unspecified atom stereocenters. The van der Waals surface area contributed by atoms with Crippen molar-refractivity contribution in [3.63, 3.8) is 0 Å². The minimum absolute atomic E-state index is 0.218. The van der Waals surface area contributed by atoms with Gasteiger partial charge in [0.2, 0.25) is 0 Å². The second-order valence-corrected chi connectivity index (χ2v) is 5.42. The molecule has 0 fully saturated rings. The Labute approximate surface area is 131 Å². The molecule has 0 radical (unpaired) electrons. The lowest BCUT2D eigenvalue weighted by atomic mass is 10.00. The number of fused-ring (bicyclic) bond motifs is 1. The number of nitrogens with two attached hydrogens (primary N) is 1. The zero-order chi connectivity index (χ0) is 15.8. The third-order valence-electron chi connectivity index (χ3n) is 3.84. The summed E-state index contributed by atoms with van der Waals surface area (Å²) in [5.41, 5.74) is 3.14. The molecule has 0 aliphatic carbocycles. The summed E-state index contributed by atoms with van der Waals surface area (Å²) < 4.78 is 0. The zero-order valence-electron chi connectivity index (χ0n) is 13.1. The number of rotatable bonds is 6. The highest BCUT2D eigenvalue weighted by Crippen LogP contribution is 2.18. The molecule has 118 valence electrons. The van der Waals surface area contributed by atoms with Crippen LogP contribution in [0.5, 0.6) is 0 Å². The first-order valence-corrected chi connectivity index (χ1v) is 7.72. The lowest BCUT2D eigenvalue weighted by Gasteiger charge is -2.28. The molecule has 0 saturated heterocycles. The van der Waals surface area contributed by atoms with Gasteiger partial charge in [0.15, 0.2) is 0 Å². The average molecular weight is 300 g/mol. The maximum Gasteiger partial charge on any atom is 0.271 e. The summed E-state index contributed by atoms with van der Waals surface area (Å²) in [7, 11) is 0. The van der Waals surface area contributed by atoms with Gasteiger partial charge in [0.1, 0.15) is 5.71 Å². The Kier molecular flexibility index (Phi) is 6.15. The number of carbonyl (C=O) groups excluding carboxylic acids is 1. The molecule has 5 nitrogen and oxygen atoms in total. The SMILES string of the molecule is C/C=C\C(=N/N)C(=O)NCCCN1CCc2ccccc2C1. The van der Waals surface area contributed by atoms with Crippen molar-refractivity contribution >= 4 is 11.6 Å². The molecular formula is C17H24N4O. The average Bonchev–Trinajstić information content (AvgIpc) is 2.56. The number of hydrogen-bond donors (Lipinski definition) is 2. The molecule has 1 aliphatic rings. The van der Waals surface area contributed by atoms with Gasteiger partial charge >= 0.3 is 0 Å². The second kappa shape index (κ2) is 8.34. The van der Waals surface area contributed by atoms with E-state index in [-0.39, 0.29) is 11.6 Å². The molecule has 1 aliphatic heterocycles. The van der Waals surface area contributed by atoms with Crippen LogP contribution in [-0.2, 0) is 17.8 Å². The topological polar surface area (TPSA) is 70.7 Å². The monoisotopic (exact) mass is 300 g/mol. The van der Waals surface area contributed by atoms with Crippen molar-refractivity contribution in [2.24, 2.45) is 10.9 Å². The van der Waals surface area contributed by atoms with Crippen LogP contribution in [0.3, 0.4) is 0 Å². The van der Waals surface area contributed by atoms with Crippen molar-refractivity contribution in [2.45, 2.75) is 26.3 Å². The number of allylic oxidation sites excluding steroid dienone is 1. The molecule has 3 N–H and O–H groups in total. The summed E-state index contributed by atoms with van der Waals surface area (Å²) in [6.45, 7) is 5.52. The number of hydrazone groups is 1. The predicted molar refractivity (Wildman–Crippen MR) is 89.5 cm³/mol. The van der Waals surface area contributed by atoms with Crippen molar-refractivity contribution in [2.75, 3.05) is 19.6 Å². The molecule has 0 atom stereocenters. The second-order valence-electron chi connectivity index (χ2n) is 5.42. The smallest absolute Gasteiger partial charge is 0.271 e. The van der Waals surface area contributed by atoms with Gasteiger partial charge in [0, 0.05) is 26.2 Å². The Morgan fingerprint density at radius 2 is 2.18 bits per heavy atom. The van der Waals surface area contributed by atoms with Crippen molar-refractivity contribution in [1.82, 2.24) is 10.2 Å². The third kappa shape index (κ3) is 4.43. The van der Waals surface area contributed by atoms with E-state index < -0.39 is 0 Å². The number of nitrogens with one attached hydrogen (secondary N) is 1. The molecular weight excluding hydrogens is 276 g/mol. The number of benzene rings is 1. The Morgan fingerprint density at radius 1 is 1.41 bits per heavy atom. The summed E-state index contributed by atoms with van der Waals surface area (Å²) in [4.78, 5) is 14.2. The summed E-state index contributed by atoms with van der Waals surface area (Å²) in [5.74, 6) is 4.98. The van der Waals surface area contributed by atoms with Crippen LogP contribution in [0.4, 0.5) is 0 Å². The van der Waals surface area contributed by atoms with Gasteiger partial charge in [-0.15, -0.1) is 0 Å². The molecule has 0 saturated carbocycles. The Hall–Kier alpha value is -2.14. The molecule has 1 aromatic carbocycles. The molecule has 1 amide bonds. The molecule has 5 heteroatoms. The summed E-state index contributed by atoms with van der Waals surface area (Å²) in [6.07, 6.45) is 5.38. The highest BCUT2D eigenvalue weighted by atomic mass is 16.1. The Morgan fingerprint density at radius 3 is 2.91 bits per heavy atom. The third-order valence-corrected chi connectivity index (χ3v) is 3.84. The van der Waals surface area contributed by atoms with Gasteiger partial charge in [-0.2, -0.15) is 5.10 Å². The maximum absolute atomic E-state index is 11.8. The first-order chi connectivity index (χ1) is 10.7. The Balaban J connectivity index is 1.71. The van der Waals surface area contributed by atoms with E-state index in [4.69, 9.17) is 5.84 Å². The van der Waals surface area contributed by atoms with Gasteiger partial charge in [0.25, 0.3) is 5.91 Å². The van der Waals surface area contributed by atoms with E-state index in [2.05, 4.69) is 39.6 Å². The number of hydrogen-bond acceptors (Lipinski definition) is 4. The quantitative estimate of drug-likeness (QED) is 0.361. The molecule has 1 aromatic rings. The van der Waals surface area contributed by atoms with Gasteiger partial charge in [-0.1, -0.05) is 30.3 Å². The summed E-state index contributed by atoms with van der Waals surface area (Å²) >= 11 is 0. The van der Waals surface area contributed by atoms with Crippen LogP contribution in [0.25, 0.3) is 0 Å². The lowest BCUT2D eigenvalue weighted by molar-refractivity contribution is -0.114. The van der Waals surface area contributed by atoms with Gasteiger partial charge in [-0.3, -0.25) is 9.69 Å². The largest absolute Gasteiger partial charge is 0.351 e. The van der Waals surface area contributed by atoms with Crippen LogP contribution in [-0.4, -0.2) is 36.2 Å². The van der Waals surface area contributed by atoms with Crippen LogP contribution < -0.4 is 11.2 Å². The fraction of sp³-hybridized carbons (Fsp3) is 0.412. The van der Waals surface area contributed by atoms with Gasteiger partial charge in [-0.25, -0.2) is 0 Å². The fourth-order valence-corrected chi connectivity index (χ4v) is 2.68. The molecule has 0 bridgehead atoms. The fourth-order valence-electron chi connectivity index (χ4n) is 2.68. The van der Waals surface area contributed by atoms with Crippen LogP contribution in [0, 0.1) is 0 Å². The summed E-state index contributed by atoms with van der Waals surface area (Å²) in [5, 5.41) is 6.33. The van der Waals surface area contributed by atoms with E-state index in [1.807, 2.05) is 6.92 Å². The molecule has 0 aromatic heterocycles. The van der Waals surface area contributed by atoms with Crippen molar-refractivity contribution in [3.8, 4) is 0 Å². The normalized spacial score (nSPS) is 15.8. The van der Waals surface area contributed by atoms with Crippen LogP contribution >= 0.6 is 0 Å². The molecule has 22 heavy (non-hydrogen) atoms. The maximum atomic E-state index is 11.8. The van der Waals surface area contributed by atoms with Gasteiger partial charge in [0.05, 0.1) is 0 Å². The zero-order valence-corrected chi connectivity index (χ0v) is 13.1. The van der Waals surface area contributed by atoms with Gasteiger partial charge in [-0.05, 0) is 37.0 Å². The highest BCUT2D eigenvalue weighted by Gasteiger charge is 2.15. The first kappa shape index (κ1) is 16.2. The van der Waals surface area contributed by atoms with E-state index in [1.165, 1.54) is 11.1 Å². The number of amides is 1. The van der Waals surface area contributed by atoms with Crippen molar-refractivity contribution < 1.29 is 4.79 Å². The standard InChI is InChI=1S/C17H24N4O/c1-2-6-16(20-18)17(22)19-10-5-11-21-12-9-14-7-3-4-8-15(14)13-21/h2-4,6-8H,5,9-13,18H2,1H3,(H,19,22)/b6-2-,20-16+. The Bertz CT molecular complexity index is 566. The predicted octanol–water partition coefficient (Wildman–Crippen LogP) is 1.44. The number of carbonyl (C=O) groups is 1. The lowest BCUT2D eigenvalue weighted by Crippen LogP contribution is -2.35. The molecule has 2 rings (SSSR count). The van der Waals surface area contributed by atoms with E-state index in [1.54, 1.807) is 12.2 Å². The summed E-state index contributed by atoms with van der Waals surface area (Å²) in [6, 6.07) is 8.61. The van der Waals surface area contributed by atoms with Crippen LogP contribution in [0.1, 0.15) is 24.5 Å². The molecule has 1 heterocycles. The van der Waals surface area contributed by atoms with E-state index in [0.29, 0.717) is 6.54 Å². The first-order valence-electron chi connectivity index (χ1n) is 7.72. The van der Waals surface area contributed by atoms with E-state index in [0.717, 1.165) is 32.5 Å². The van der Waals surface area contributed by atoms with Crippen LogP contribution in [0.2, 0.25) is 0 Å². The minimum Gasteiger partial charge on any atom is -0.351 e. The highest BCUT2D eigenvalue weighted by molar-refractivity contribution is 6.43. The van der Waals surface area contributed by atoms with Crippen molar-refractivity contribution in [1.29, 1.82) is 0 Å².